The summed E-state index contributed by atoms with van der Waals surface area (Å²) in [5.74, 6) is -0.271. The van der Waals surface area contributed by atoms with Gasteiger partial charge in [-0.05, 0) is 43.4 Å². The van der Waals surface area contributed by atoms with Crippen molar-refractivity contribution in [3.8, 4) is 0 Å². The minimum absolute atomic E-state index is 0.0845. The highest BCUT2D eigenvalue weighted by Gasteiger charge is 2.42. The van der Waals surface area contributed by atoms with Gasteiger partial charge in [-0.3, -0.25) is 0 Å². The van der Waals surface area contributed by atoms with Crippen LogP contribution in [-0.4, -0.2) is 18.5 Å². The van der Waals surface area contributed by atoms with Crippen molar-refractivity contribution in [2.45, 2.75) is 64.5 Å². The van der Waals surface area contributed by atoms with Gasteiger partial charge in [-0.25, -0.2) is 13.2 Å². The van der Waals surface area contributed by atoms with Gasteiger partial charge < -0.3 is 0 Å². The Balaban J connectivity index is 1.98. The van der Waals surface area contributed by atoms with Gasteiger partial charge in [0.1, 0.15) is 18.5 Å². The Bertz CT molecular complexity index is 244. The second-order valence-electron chi connectivity index (χ2n) is 6.22. The van der Waals surface area contributed by atoms with Crippen molar-refractivity contribution in [2.75, 3.05) is 0 Å². The highest BCUT2D eigenvalue weighted by molar-refractivity contribution is 4.91. The number of hydrogen-bond donors (Lipinski definition) is 0. The zero-order valence-corrected chi connectivity index (χ0v) is 10.7. The van der Waals surface area contributed by atoms with Crippen LogP contribution in [0.1, 0.15) is 46.0 Å². The molecule has 2 saturated carbocycles. The monoisotopic (exact) mass is 248 g/mol. The Kier molecular flexibility index (Phi) is 4.04. The third-order valence-corrected chi connectivity index (χ3v) is 4.89. The first kappa shape index (κ1) is 13.2. The lowest BCUT2D eigenvalue weighted by Crippen LogP contribution is -2.40. The molecule has 2 fully saturated rings. The first-order valence-corrected chi connectivity index (χ1v) is 6.91. The predicted octanol–water partition coefficient (Wildman–Crippen LogP) is 4.48. The Labute approximate surface area is 102 Å². The van der Waals surface area contributed by atoms with Gasteiger partial charge in [0.2, 0.25) is 0 Å². The first-order chi connectivity index (χ1) is 7.99. The van der Waals surface area contributed by atoms with Crippen LogP contribution in [0.15, 0.2) is 0 Å². The second kappa shape index (κ2) is 5.19. The van der Waals surface area contributed by atoms with E-state index < -0.39 is 24.4 Å². The van der Waals surface area contributed by atoms with Crippen molar-refractivity contribution in [3.05, 3.63) is 0 Å². The molecule has 0 aromatic heterocycles. The molecule has 0 aromatic carbocycles. The molecule has 3 heteroatoms. The normalized spacial score (nSPS) is 52.4. The molecule has 17 heavy (non-hydrogen) atoms. The summed E-state index contributed by atoms with van der Waals surface area (Å²) in [6.45, 7) is 3.68. The molecule has 0 saturated heterocycles. The lowest BCUT2D eigenvalue weighted by molar-refractivity contribution is -0.00270. The number of hydrogen-bond acceptors (Lipinski definition) is 0. The van der Waals surface area contributed by atoms with E-state index in [4.69, 9.17) is 0 Å². The molecule has 5 atom stereocenters. The van der Waals surface area contributed by atoms with E-state index in [-0.39, 0.29) is 11.8 Å². The van der Waals surface area contributed by atoms with Gasteiger partial charge in [0, 0.05) is 5.92 Å². The first-order valence-electron chi connectivity index (χ1n) is 6.91. The third-order valence-electron chi connectivity index (χ3n) is 4.89. The molecule has 0 aromatic rings. The average molecular weight is 248 g/mol. The Hall–Kier alpha value is -0.210. The molecule has 0 nitrogen and oxygen atoms in total. The second-order valence-corrected chi connectivity index (χ2v) is 6.22. The molecular formula is C14H23F3. The fourth-order valence-corrected chi connectivity index (χ4v) is 3.55. The zero-order valence-electron chi connectivity index (χ0n) is 10.7. The summed E-state index contributed by atoms with van der Waals surface area (Å²) in [6, 6.07) is 0. The van der Waals surface area contributed by atoms with Crippen LogP contribution in [0.3, 0.4) is 0 Å². The van der Waals surface area contributed by atoms with Crippen LogP contribution in [-0.2, 0) is 0 Å². The average Bonchev–Trinajstić information content (AvgIpc) is 2.25. The number of alkyl halides is 3. The molecule has 2 aliphatic carbocycles. The van der Waals surface area contributed by atoms with Gasteiger partial charge in [0.25, 0.3) is 0 Å². The molecule has 0 heterocycles. The Morgan fingerprint density at radius 3 is 1.88 bits per heavy atom. The van der Waals surface area contributed by atoms with E-state index in [0.29, 0.717) is 25.2 Å². The van der Waals surface area contributed by atoms with Crippen molar-refractivity contribution in [1.29, 1.82) is 0 Å². The van der Waals surface area contributed by atoms with E-state index in [9.17, 15) is 13.2 Å². The topological polar surface area (TPSA) is 0 Å². The van der Waals surface area contributed by atoms with Crippen LogP contribution in [0.2, 0.25) is 0 Å². The molecule has 100 valence electrons. The fraction of sp³-hybridized carbons (Fsp3) is 1.00. The van der Waals surface area contributed by atoms with Crippen LogP contribution < -0.4 is 0 Å². The van der Waals surface area contributed by atoms with Gasteiger partial charge in [0.05, 0.1) is 0 Å². The zero-order chi connectivity index (χ0) is 12.6. The van der Waals surface area contributed by atoms with Crippen LogP contribution in [0.4, 0.5) is 13.2 Å². The molecule has 0 N–H and O–H groups in total. The standard InChI is InChI=1S/C14H23F3/c1-8-3-4-11(14(17)5-8)10-6-12(15)9(2)13(16)7-10/h8-14H,3-7H2,1-2H3. The van der Waals surface area contributed by atoms with Crippen molar-refractivity contribution in [3.63, 3.8) is 0 Å². The van der Waals surface area contributed by atoms with Crippen molar-refractivity contribution < 1.29 is 13.2 Å². The molecule has 0 radical (unpaired) electrons. The van der Waals surface area contributed by atoms with Gasteiger partial charge in [-0.15, -0.1) is 0 Å². The van der Waals surface area contributed by atoms with Crippen LogP contribution in [0.25, 0.3) is 0 Å². The van der Waals surface area contributed by atoms with Crippen molar-refractivity contribution >= 4 is 0 Å². The number of rotatable bonds is 1. The summed E-state index contributed by atoms with van der Waals surface area (Å²) in [6.07, 6.45) is 0.0839. The van der Waals surface area contributed by atoms with Crippen LogP contribution in [0.5, 0.6) is 0 Å². The fourth-order valence-electron chi connectivity index (χ4n) is 3.55. The van der Waals surface area contributed by atoms with Gasteiger partial charge in [0.15, 0.2) is 0 Å². The smallest absolute Gasteiger partial charge is 0.106 e. The summed E-state index contributed by atoms with van der Waals surface area (Å²) in [5.41, 5.74) is 0. The van der Waals surface area contributed by atoms with E-state index >= 15 is 0 Å². The molecule has 0 aliphatic heterocycles. The molecule has 2 rings (SSSR count). The SMILES string of the molecule is CC1CCC(C2CC(F)C(C)C(F)C2)C(F)C1. The molecule has 0 spiro atoms. The van der Waals surface area contributed by atoms with Gasteiger partial charge in [-0.1, -0.05) is 20.3 Å². The summed E-state index contributed by atoms with van der Waals surface area (Å²) in [5, 5.41) is 0. The maximum absolute atomic E-state index is 14.0. The molecule has 0 amide bonds. The molecule has 2 aliphatic rings. The number of halogens is 3. The minimum Gasteiger partial charge on any atom is -0.247 e. The molecule has 5 unspecified atom stereocenters. The maximum atomic E-state index is 14.0. The van der Waals surface area contributed by atoms with Gasteiger partial charge >= 0.3 is 0 Å². The highest BCUT2D eigenvalue weighted by Crippen LogP contribution is 2.44. The largest absolute Gasteiger partial charge is 0.247 e. The van der Waals surface area contributed by atoms with Gasteiger partial charge in [-0.2, -0.15) is 0 Å². The van der Waals surface area contributed by atoms with E-state index in [2.05, 4.69) is 6.92 Å². The Morgan fingerprint density at radius 1 is 0.765 bits per heavy atom. The summed E-state index contributed by atoms with van der Waals surface area (Å²) < 4.78 is 41.3. The predicted molar refractivity (Wildman–Crippen MR) is 63.1 cm³/mol. The quantitative estimate of drug-likeness (QED) is 0.641. The summed E-state index contributed by atoms with van der Waals surface area (Å²) in [4.78, 5) is 0. The van der Waals surface area contributed by atoms with E-state index in [1.54, 1.807) is 6.92 Å². The highest BCUT2D eigenvalue weighted by atomic mass is 19.1. The molecule has 0 bridgehead atoms. The van der Waals surface area contributed by atoms with Crippen LogP contribution >= 0.6 is 0 Å². The van der Waals surface area contributed by atoms with E-state index in [0.717, 1.165) is 12.8 Å². The van der Waals surface area contributed by atoms with Crippen molar-refractivity contribution in [1.82, 2.24) is 0 Å². The maximum Gasteiger partial charge on any atom is 0.106 e. The van der Waals surface area contributed by atoms with Crippen LogP contribution in [0, 0.1) is 23.7 Å². The lowest BCUT2D eigenvalue weighted by atomic mass is 9.68. The van der Waals surface area contributed by atoms with E-state index in [1.807, 2.05) is 0 Å². The summed E-state index contributed by atoms with van der Waals surface area (Å²) >= 11 is 0. The molecular weight excluding hydrogens is 225 g/mol. The Morgan fingerprint density at radius 2 is 1.35 bits per heavy atom. The van der Waals surface area contributed by atoms with Crippen molar-refractivity contribution in [2.24, 2.45) is 23.7 Å². The lowest BCUT2D eigenvalue weighted by Gasteiger charge is -2.41. The third kappa shape index (κ3) is 2.79. The summed E-state index contributed by atoms with van der Waals surface area (Å²) in [7, 11) is 0. The minimum atomic E-state index is -1.09. The van der Waals surface area contributed by atoms with E-state index in [1.165, 1.54) is 0 Å².